The van der Waals surface area contributed by atoms with Gasteiger partial charge in [-0.1, -0.05) is 6.42 Å². The van der Waals surface area contributed by atoms with Crippen LogP contribution in [0.15, 0.2) is 23.1 Å². The number of ether oxygens (including phenoxy) is 2. The lowest BCUT2D eigenvalue weighted by Gasteiger charge is -2.30. The molecule has 0 aromatic heterocycles. The third-order valence-corrected chi connectivity index (χ3v) is 5.66. The van der Waals surface area contributed by atoms with E-state index >= 15 is 0 Å². The van der Waals surface area contributed by atoms with Crippen molar-refractivity contribution in [2.45, 2.75) is 42.8 Å². The third-order valence-electron chi connectivity index (χ3n) is 4.12. The van der Waals surface area contributed by atoms with Gasteiger partial charge in [0, 0.05) is 12.1 Å². The van der Waals surface area contributed by atoms with E-state index in [4.69, 9.17) is 9.47 Å². The molecule has 9 heteroatoms. The Bertz CT molecular complexity index is 676. The van der Waals surface area contributed by atoms with Gasteiger partial charge in [0.15, 0.2) is 0 Å². The highest BCUT2D eigenvalue weighted by atomic mass is 32.2. The number of rotatable bonds is 5. The van der Waals surface area contributed by atoms with Crippen LogP contribution in [0.1, 0.15) is 25.7 Å². The lowest BCUT2D eigenvalue weighted by molar-refractivity contribution is -0.183. The second-order valence-corrected chi connectivity index (χ2v) is 7.42. The van der Waals surface area contributed by atoms with E-state index in [2.05, 4.69) is 4.72 Å². The first-order chi connectivity index (χ1) is 11.2. The minimum absolute atomic E-state index is 0.0320. The summed E-state index contributed by atoms with van der Waals surface area (Å²) in [5.41, 5.74) is 0. The number of benzene rings is 1. The summed E-state index contributed by atoms with van der Waals surface area (Å²) in [6.07, 6.45) is -3.83. The van der Waals surface area contributed by atoms with Gasteiger partial charge in [-0.05, 0) is 31.4 Å². The molecular weight excluding hydrogens is 347 g/mol. The minimum atomic E-state index is -4.31. The molecule has 5 nitrogen and oxygen atoms in total. The predicted octanol–water partition coefficient (Wildman–Crippen LogP) is 3.10. The van der Waals surface area contributed by atoms with Crippen LogP contribution >= 0.6 is 0 Å². The van der Waals surface area contributed by atoms with Gasteiger partial charge in [-0.15, -0.1) is 0 Å². The molecule has 1 aromatic carbocycles. The van der Waals surface area contributed by atoms with Crippen molar-refractivity contribution in [3.8, 4) is 11.5 Å². The SMILES string of the molecule is COc1ccc(OC)c(S(=O)(=O)NC2CCCC(C(F)(F)F)C2)c1. The normalized spacial score (nSPS) is 22.2. The van der Waals surface area contributed by atoms with Crippen LogP contribution in [-0.2, 0) is 10.0 Å². The van der Waals surface area contributed by atoms with E-state index in [0.29, 0.717) is 18.6 Å². The van der Waals surface area contributed by atoms with Gasteiger partial charge >= 0.3 is 6.18 Å². The first kappa shape index (κ1) is 18.9. The molecule has 0 heterocycles. The molecule has 0 spiro atoms. The fourth-order valence-corrected chi connectivity index (χ4v) is 4.34. The van der Waals surface area contributed by atoms with Gasteiger partial charge in [-0.25, -0.2) is 13.1 Å². The van der Waals surface area contributed by atoms with Gasteiger partial charge in [0.25, 0.3) is 0 Å². The summed E-state index contributed by atoms with van der Waals surface area (Å²) in [5.74, 6) is -1.06. The number of hydrogen-bond acceptors (Lipinski definition) is 4. The first-order valence-corrected chi connectivity index (χ1v) is 8.96. The van der Waals surface area contributed by atoms with Crippen LogP contribution in [0, 0.1) is 5.92 Å². The molecule has 2 atom stereocenters. The summed E-state index contributed by atoms with van der Waals surface area (Å²) in [6.45, 7) is 0. The Labute approximate surface area is 139 Å². The maximum absolute atomic E-state index is 12.9. The van der Waals surface area contributed by atoms with Crippen LogP contribution in [-0.4, -0.2) is 34.9 Å². The van der Waals surface area contributed by atoms with Crippen LogP contribution in [0.5, 0.6) is 11.5 Å². The van der Waals surface area contributed by atoms with E-state index in [1.165, 1.54) is 32.4 Å². The van der Waals surface area contributed by atoms with E-state index in [1.54, 1.807) is 0 Å². The van der Waals surface area contributed by atoms with Gasteiger partial charge in [-0.3, -0.25) is 0 Å². The van der Waals surface area contributed by atoms with E-state index in [-0.39, 0.29) is 23.5 Å². The monoisotopic (exact) mass is 367 g/mol. The summed E-state index contributed by atoms with van der Waals surface area (Å²) in [4.78, 5) is -0.154. The molecule has 1 fully saturated rings. The van der Waals surface area contributed by atoms with Crippen molar-refractivity contribution in [3.63, 3.8) is 0 Å². The maximum Gasteiger partial charge on any atom is 0.391 e. The minimum Gasteiger partial charge on any atom is -0.497 e. The van der Waals surface area contributed by atoms with Crippen molar-refractivity contribution in [1.29, 1.82) is 0 Å². The second-order valence-electron chi connectivity index (χ2n) is 5.74. The van der Waals surface area contributed by atoms with Crippen LogP contribution in [0.25, 0.3) is 0 Å². The maximum atomic E-state index is 12.9. The van der Waals surface area contributed by atoms with Gasteiger partial charge < -0.3 is 9.47 Å². The molecule has 1 aromatic rings. The number of halogens is 3. The standard InChI is InChI=1S/C15H20F3NO4S/c1-22-12-6-7-13(23-2)14(9-12)24(20,21)19-11-5-3-4-10(8-11)15(16,17)18/h6-7,9-11,19H,3-5,8H2,1-2H3. The molecule has 0 amide bonds. The van der Waals surface area contributed by atoms with Crippen molar-refractivity contribution >= 4 is 10.0 Å². The van der Waals surface area contributed by atoms with Crippen LogP contribution < -0.4 is 14.2 Å². The highest BCUT2D eigenvalue weighted by Crippen LogP contribution is 2.38. The summed E-state index contributed by atoms with van der Waals surface area (Å²) >= 11 is 0. The summed E-state index contributed by atoms with van der Waals surface area (Å²) < 4.78 is 76.2. The van der Waals surface area contributed by atoms with Gasteiger partial charge in [0.2, 0.25) is 10.0 Å². The molecule has 1 saturated carbocycles. The first-order valence-electron chi connectivity index (χ1n) is 7.48. The van der Waals surface area contributed by atoms with Crippen molar-refractivity contribution in [2.24, 2.45) is 5.92 Å². The zero-order valence-corrected chi connectivity index (χ0v) is 14.2. The summed E-state index contributed by atoms with van der Waals surface area (Å²) in [6, 6.07) is 3.50. The lowest BCUT2D eigenvalue weighted by Crippen LogP contribution is -2.41. The molecule has 2 rings (SSSR count). The third kappa shape index (κ3) is 4.32. The summed E-state index contributed by atoms with van der Waals surface area (Å²) in [5, 5.41) is 0. The second kappa shape index (κ2) is 7.18. The number of nitrogens with one attached hydrogen (secondary N) is 1. The zero-order valence-electron chi connectivity index (χ0n) is 13.4. The van der Waals surface area contributed by atoms with Crippen molar-refractivity contribution in [1.82, 2.24) is 4.72 Å². The van der Waals surface area contributed by atoms with Gasteiger partial charge in [0.05, 0.1) is 20.1 Å². The smallest absolute Gasteiger partial charge is 0.391 e. The Morgan fingerprint density at radius 3 is 2.46 bits per heavy atom. The average molecular weight is 367 g/mol. The Balaban J connectivity index is 2.22. The number of methoxy groups -OCH3 is 2. The average Bonchev–Trinajstić information content (AvgIpc) is 2.53. The van der Waals surface area contributed by atoms with Crippen molar-refractivity contribution < 1.29 is 31.1 Å². The molecule has 0 bridgehead atoms. The Morgan fingerprint density at radius 1 is 1.17 bits per heavy atom. The van der Waals surface area contributed by atoms with Gasteiger partial charge in [-0.2, -0.15) is 13.2 Å². The molecule has 1 aliphatic rings. The molecule has 0 saturated heterocycles. The Morgan fingerprint density at radius 2 is 1.88 bits per heavy atom. The predicted molar refractivity (Wildman–Crippen MR) is 81.7 cm³/mol. The number of sulfonamides is 1. The molecule has 2 unspecified atom stereocenters. The van der Waals surface area contributed by atoms with Crippen LogP contribution in [0.2, 0.25) is 0 Å². The zero-order chi connectivity index (χ0) is 18.0. The van der Waals surface area contributed by atoms with E-state index < -0.39 is 28.2 Å². The fraction of sp³-hybridized carbons (Fsp3) is 0.600. The number of hydrogen-bond donors (Lipinski definition) is 1. The molecule has 24 heavy (non-hydrogen) atoms. The highest BCUT2D eigenvalue weighted by molar-refractivity contribution is 7.89. The van der Waals surface area contributed by atoms with Crippen molar-refractivity contribution in [2.75, 3.05) is 14.2 Å². The lowest BCUT2D eigenvalue weighted by atomic mass is 9.86. The molecule has 0 aliphatic heterocycles. The van der Waals surface area contributed by atoms with Crippen LogP contribution in [0.4, 0.5) is 13.2 Å². The molecule has 136 valence electrons. The number of alkyl halides is 3. The highest BCUT2D eigenvalue weighted by Gasteiger charge is 2.43. The molecule has 1 N–H and O–H groups in total. The quantitative estimate of drug-likeness (QED) is 0.869. The summed E-state index contributed by atoms with van der Waals surface area (Å²) in [7, 11) is -1.32. The van der Waals surface area contributed by atoms with Gasteiger partial charge in [0.1, 0.15) is 16.4 Å². The van der Waals surface area contributed by atoms with Crippen molar-refractivity contribution in [3.05, 3.63) is 18.2 Å². The van der Waals surface area contributed by atoms with E-state index in [9.17, 15) is 21.6 Å². The molecule has 1 aliphatic carbocycles. The topological polar surface area (TPSA) is 64.6 Å². The molecular formula is C15H20F3NO4S. The largest absolute Gasteiger partial charge is 0.497 e. The molecule has 0 radical (unpaired) electrons. The van der Waals surface area contributed by atoms with E-state index in [0.717, 1.165) is 0 Å². The van der Waals surface area contributed by atoms with Crippen LogP contribution in [0.3, 0.4) is 0 Å². The fourth-order valence-electron chi connectivity index (χ4n) is 2.87. The Hall–Kier alpha value is -1.48. The Kier molecular flexibility index (Phi) is 5.64. The van der Waals surface area contributed by atoms with E-state index in [1.807, 2.05) is 0 Å².